The summed E-state index contributed by atoms with van der Waals surface area (Å²) >= 11 is 0. The van der Waals surface area contributed by atoms with Gasteiger partial charge in [0, 0.05) is 22.9 Å². The largest absolute Gasteiger partial charge is 0.508 e. The quantitative estimate of drug-likeness (QED) is 0.102. The maximum absolute atomic E-state index is 14.8. The molecule has 14 heteroatoms. The van der Waals surface area contributed by atoms with Crippen molar-refractivity contribution in [3.8, 4) is 5.75 Å². The number of benzene rings is 1. The Morgan fingerprint density at radius 2 is 1.79 bits per heavy atom. The number of aromatic hydroxyl groups is 1. The number of hydrogen-bond donors (Lipinski definition) is 6. The fraction of sp³-hybridized carbons (Fsp3) is 0.424. The molecule has 0 spiro atoms. The van der Waals surface area contributed by atoms with Gasteiger partial charge in [-0.1, -0.05) is 19.9 Å². The van der Waals surface area contributed by atoms with E-state index in [1.165, 1.54) is 45.0 Å². The maximum atomic E-state index is 14.8. The van der Waals surface area contributed by atoms with Crippen LogP contribution in [0.15, 0.2) is 46.5 Å². The van der Waals surface area contributed by atoms with Gasteiger partial charge in [-0.2, -0.15) is 0 Å². The van der Waals surface area contributed by atoms with Crippen LogP contribution in [0.4, 0.5) is 4.39 Å². The number of carbonyl (C=O) groups excluding carboxylic acids is 5. The number of nitrogens with one attached hydrogen (secondary N) is 1. The summed E-state index contributed by atoms with van der Waals surface area (Å²) in [5, 5.41) is 48.1. The minimum atomic E-state index is -2.88. The molecule has 0 aliphatic heterocycles. The van der Waals surface area contributed by atoms with Crippen LogP contribution in [0.3, 0.4) is 0 Å². The van der Waals surface area contributed by atoms with Gasteiger partial charge in [-0.25, -0.2) is 9.18 Å². The Morgan fingerprint density at radius 3 is 2.34 bits per heavy atom. The molecule has 0 bridgehead atoms. The molecule has 1 saturated carbocycles. The summed E-state index contributed by atoms with van der Waals surface area (Å²) < 4.78 is 19.8. The number of nitrogens with zero attached hydrogens (tertiary/aromatic N) is 1. The van der Waals surface area contributed by atoms with E-state index >= 15 is 0 Å². The highest BCUT2D eigenvalue weighted by Crippen LogP contribution is 2.63. The second-order valence-corrected chi connectivity index (χ2v) is 12.6. The zero-order chi connectivity index (χ0) is 35.4. The number of phenolic OH excluding ortho intramolecular Hbond substituents is 1. The van der Waals surface area contributed by atoms with Crippen molar-refractivity contribution >= 4 is 41.2 Å². The van der Waals surface area contributed by atoms with Crippen LogP contribution >= 0.6 is 0 Å². The fourth-order valence-corrected chi connectivity index (χ4v) is 7.47. The number of ketones is 2. The summed E-state index contributed by atoms with van der Waals surface area (Å²) in [6.45, 7) is 6.17. The van der Waals surface area contributed by atoms with Crippen LogP contribution in [-0.2, 0) is 35.1 Å². The molecule has 0 radical (unpaired) electrons. The minimum Gasteiger partial charge on any atom is -0.508 e. The van der Waals surface area contributed by atoms with Gasteiger partial charge in [0.15, 0.2) is 17.2 Å². The molecule has 0 saturated heterocycles. The summed E-state index contributed by atoms with van der Waals surface area (Å²) in [6.07, 6.45) is 1.56. The number of Topliss-reactive ketones (excluding diaryl/α,β-unsaturated/α-hetero) is 2. The lowest BCUT2D eigenvalue weighted by Crippen LogP contribution is -2.72. The van der Waals surface area contributed by atoms with Gasteiger partial charge in [0.2, 0.25) is 5.78 Å². The molecule has 0 unspecified atom stereocenters. The molecule has 0 aromatic heterocycles. The second-order valence-electron chi connectivity index (χ2n) is 12.6. The van der Waals surface area contributed by atoms with Crippen molar-refractivity contribution in [1.82, 2.24) is 10.2 Å². The summed E-state index contributed by atoms with van der Waals surface area (Å²) in [7, 11) is 2.98. The molecule has 0 heterocycles. The zero-order valence-corrected chi connectivity index (χ0v) is 26.9. The van der Waals surface area contributed by atoms with Crippen molar-refractivity contribution in [3.05, 3.63) is 63.2 Å². The van der Waals surface area contributed by atoms with E-state index in [0.29, 0.717) is 6.08 Å². The second kappa shape index (κ2) is 12.1. The fourth-order valence-electron chi connectivity index (χ4n) is 7.47. The number of likely N-dealkylation sites (N-methyl/N-ethyl adjacent to an activating group) is 2. The van der Waals surface area contributed by atoms with Crippen LogP contribution < -0.4 is 11.1 Å². The SMILES string of the molecule is CCNC(=O)/C(F)=C/C(=C/c1ccc(O)c2c1C[C@@]1(C)C[C@@]3(C)[C@H](N(C)C)C(=O)C(C(N)=O)=C(O)[C@@]3(O)C(=O)C1=C2O)C(=O)OCC. The number of primary amides is 1. The first kappa shape index (κ1) is 35.0. The van der Waals surface area contributed by atoms with Crippen LogP contribution in [0.25, 0.3) is 11.8 Å². The van der Waals surface area contributed by atoms with Crippen LogP contribution in [0.5, 0.6) is 5.75 Å². The third kappa shape index (κ3) is 5.21. The number of nitrogens with two attached hydrogens (primary N) is 1. The van der Waals surface area contributed by atoms with Gasteiger partial charge in [0.05, 0.1) is 23.8 Å². The van der Waals surface area contributed by atoms with Crippen molar-refractivity contribution in [2.24, 2.45) is 16.6 Å². The van der Waals surface area contributed by atoms with E-state index in [-0.39, 0.29) is 53.8 Å². The molecule has 252 valence electrons. The number of carbonyl (C=O) groups is 5. The summed E-state index contributed by atoms with van der Waals surface area (Å²) in [4.78, 5) is 66.6. The normalized spacial score (nSPS) is 27.7. The molecular weight excluding hydrogens is 617 g/mol. The number of rotatable bonds is 8. The molecule has 4 rings (SSSR count). The number of ether oxygens (including phenoxy) is 1. The molecule has 7 N–H and O–H groups in total. The average molecular weight is 656 g/mol. The number of amides is 2. The Bertz CT molecular complexity index is 1740. The zero-order valence-electron chi connectivity index (χ0n) is 26.9. The predicted octanol–water partition coefficient (Wildman–Crippen LogP) is 1.68. The number of fused-ring (bicyclic) bond motifs is 3. The van der Waals surface area contributed by atoms with Crippen molar-refractivity contribution in [1.29, 1.82) is 0 Å². The minimum absolute atomic E-state index is 0.0699. The van der Waals surface area contributed by atoms with Crippen LogP contribution in [0.2, 0.25) is 0 Å². The lowest BCUT2D eigenvalue weighted by molar-refractivity contribution is -0.176. The standard InChI is InChI=1S/C33H38FN3O10/c1-7-36-29(44)18(34)12-16(30(45)47-8-2)11-15-9-10-19(38)20-17(15)13-31(3)14-32(4)25(37(5)6)24(40)21(28(35)43)26(41)33(32,46)27(42)22(31)23(20)39/h9-12,25,38-39,41,46H,7-8,13-14H2,1-6H3,(H2,35,43)(H,36,44)/b16-11-,18-12-/t25-,31+,32+,33-/m1/s1. The first-order valence-electron chi connectivity index (χ1n) is 14.9. The van der Waals surface area contributed by atoms with E-state index in [1.54, 1.807) is 13.8 Å². The van der Waals surface area contributed by atoms with Crippen LogP contribution in [0.1, 0.15) is 50.8 Å². The molecular formula is C33H38FN3O10. The van der Waals surface area contributed by atoms with E-state index < -0.39 is 80.5 Å². The van der Waals surface area contributed by atoms with Crippen LogP contribution in [0, 0.1) is 10.8 Å². The summed E-state index contributed by atoms with van der Waals surface area (Å²) in [6, 6.07) is 1.21. The highest BCUT2D eigenvalue weighted by atomic mass is 19.1. The molecule has 13 nitrogen and oxygen atoms in total. The maximum Gasteiger partial charge on any atom is 0.338 e. The van der Waals surface area contributed by atoms with Crippen molar-refractivity contribution in [2.45, 2.75) is 52.2 Å². The highest BCUT2D eigenvalue weighted by molar-refractivity contribution is 6.25. The van der Waals surface area contributed by atoms with E-state index in [0.717, 1.165) is 6.07 Å². The van der Waals surface area contributed by atoms with Gasteiger partial charge in [-0.05, 0) is 70.1 Å². The number of aliphatic hydroxyl groups is 3. The number of halogens is 1. The van der Waals surface area contributed by atoms with Crippen molar-refractivity contribution in [3.63, 3.8) is 0 Å². The molecule has 1 fully saturated rings. The smallest absolute Gasteiger partial charge is 0.338 e. The van der Waals surface area contributed by atoms with E-state index in [4.69, 9.17) is 10.5 Å². The van der Waals surface area contributed by atoms with Gasteiger partial charge < -0.3 is 36.2 Å². The predicted molar refractivity (Wildman–Crippen MR) is 166 cm³/mol. The molecule has 1 aromatic rings. The molecule has 3 aliphatic rings. The lowest BCUT2D eigenvalue weighted by Gasteiger charge is -2.59. The Labute approximate surface area is 269 Å². The average Bonchev–Trinajstić information content (AvgIpc) is 2.95. The van der Waals surface area contributed by atoms with E-state index in [1.807, 2.05) is 0 Å². The number of phenols is 1. The van der Waals surface area contributed by atoms with E-state index in [2.05, 4.69) is 5.32 Å². The number of esters is 1. The Balaban J connectivity index is 2.02. The Morgan fingerprint density at radius 1 is 1.15 bits per heavy atom. The first-order valence-corrected chi connectivity index (χ1v) is 14.9. The van der Waals surface area contributed by atoms with Gasteiger partial charge in [0.25, 0.3) is 11.8 Å². The monoisotopic (exact) mass is 655 g/mol. The van der Waals surface area contributed by atoms with Crippen LogP contribution in [-0.4, -0.2) is 93.6 Å². The van der Waals surface area contributed by atoms with Gasteiger partial charge in [-0.3, -0.25) is 24.1 Å². The van der Waals surface area contributed by atoms with E-state index in [9.17, 15) is 48.8 Å². The molecule has 47 heavy (non-hydrogen) atoms. The van der Waals surface area contributed by atoms with Gasteiger partial charge in [-0.15, -0.1) is 0 Å². The third-order valence-electron chi connectivity index (χ3n) is 9.21. The molecule has 4 atom stereocenters. The third-order valence-corrected chi connectivity index (χ3v) is 9.21. The number of hydrogen-bond acceptors (Lipinski definition) is 11. The lowest BCUT2D eigenvalue weighted by atomic mass is 9.46. The Hall–Kier alpha value is -4.82. The van der Waals surface area contributed by atoms with Crippen molar-refractivity contribution in [2.75, 3.05) is 27.2 Å². The van der Waals surface area contributed by atoms with Crippen molar-refractivity contribution < 1.29 is 53.5 Å². The summed E-state index contributed by atoms with van der Waals surface area (Å²) in [5.41, 5.74) is -2.17. The topological polar surface area (TPSA) is 217 Å². The molecule has 1 aromatic carbocycles. The molecule has 3 aliphatic carbocycles. The first-order chi connectivity index (χ1) is 21.8. The van der Waals surface area contributed by atoms with Gasteiger partial charge >= 0.3 is 5.97 Å². The highest BCUT2D eigenvalue weighted by Gasteiger charge is 2.72. The van der Waals surface area contributed by atoms with Gasteiger partial charge in [0.1, 0.15) is 22.8 Å². The summed E-state index contributed by atoms with van der Waals surface area (Å²) in [5.74, 6) is -9.24. The Kier molecular flexibility index (Phi) is 9.01. The number of aliphatic hydroxyl groups excluding tert-OH is 2. The molecule has 2 amide bonds.